The van der Waals surface area contributed by atoms with Crippen LogP contribution in [-0.4, -0.2) is 11.4 Å². The Kier molecular flexibility index (Phi) is 6.72. The minimum absolute atomic E-state index is 0.0273. The molecule has 2 aliphatic heterocycles. The van der Waals surface area contributed by atoms with E-state index < -0.39 is 0 Å². The molecule has 6 heteroatoms. The molecule has 0 bridgehead atoms. The van der Waals surface area contributed by atoms with Gasteiger partial charge in [0.2, 0.25) is 0 Å². The average Bonchev–Trinajstić information content (AvgIpc) is 4.02. The third kappa shape index (κ3) is 4.72. The lowest BCUT2D eigenvalue weighted by Gasteiger charge is -2.42. The van der Waals surface area contributed by atoms with Crippen LogP contribution in [0.15, 0.2) is 142 Å². The molecule has 0 atom stereocenters. The van der Waals surface area contributed by atoms with Crippen molar-refractivity contribution < 1.29 is 8.83 Å². The van der Waals surface area contributed by atoms with Crippen LogP contribution in [-0.2, 0) is 10.8 Å². The number of anilines is 2. The van der Waals surface area contributed by atoms with Crippen molar-refractivity contribution in [2.75, 3.05) is 4.81 Å². The molecule has 302 valence electrons. The zero-order valence-electron chi connectivity index (χ0n) is 36.4. The van der Waals surface area contributed by atoms with Gasteiger partial charge in [-0.05, 0) is 118 Å². The number of benzene rings is 8. The van der Waals surface area contributed by atoms with E-state index >= 15 is 0 Å². The second kappa shape index (κ2) is 11.8. The van der Waals surface area contributed by atoms with Crippen molar-refractivity contribution in [2.45, 2.75) is 59.3 Å². The predicted octanol–water partition coefficient (Wildman–Crippen LogP) is 15.1. The van der Waals surface area contributed by atoms with E-state index in [-0.39, 0.29) is 17.7 Å². The lowest BCUT2D eigenvalue weighted by Crippen LogP contribution is -2.60. The Bertz CT molecular complexity index is 4010. The first-order valence-electron chi connectivity index (χ1n) is 22.2. The van der Waals surface area contributed by atoms with E-state index in [1.54, 1.807) is 0 Å². The summed E-state index contributed by atoms with van der Waals surface area (Å²) >= 11 is 1.92. The van der Waals surface area contributed by atoms with Crippen molar-refractivity contribution in [3.8, 4) is 16.8 Å². The highest BCUT2D eigenvalue weighted by atomic mass is 32.1. The summed E-state index contributed by atoms with van der Waals surface area (Å²) in [6.07, 6.45) is 0. The lowest BCUT2D eigenvalue weighted by molar-refractivity contribution is 0.590. The Morgan fingerprint density at radius 3 is 1.87 bits per heavy atom. The van der Waals surface area contributed by atoms with Crippen molar-refractivity contribution >= 4 is 126 Å². The molecule has 14 rings (SSSR count). The number of thiophene rings is 1. The Balaban J connectivity index is 1.16. The number of aryl methyl sites for hydroxylation is 1. The third-order valence-corrected chi connectivity index (χ3v) is 15.5. The maximum atomic E-state index is 6.75. The van der Waals surface area contributed by atoms with Crippen molar-refractivity contribution in [1.82, 2.24) is 4.57 Å². The van der Waals surface area contributed by atoms with Crippen molar-refractivity contribution in [3.63, 3.8) is 0 Å². The number of aromatic nitrogens is 1. The summed E-state index contributed by atoms with van der Waals surface area (Å²) in [4.78, 5) is 2.65. The maximum Gasteiger partial charge on any atom is 0.333 e. The fourth-order valence-electron chi connectivity index (χ4n) is 11.3. The number of furan rings is 2. The first kappa shape index (κ1) is 35.8. The molecule has 0 spiro atoms. The smallest absolute Gasteiger partial charge is 0.333 e. The van der Waals surface area contributed by atoms with Crippen LogP contribution in [0.3, 0.4) is 0 Å². The van der Waals surface area contributed by atoms with Gasteiger partial charge in [-0.2, -0.15) is 0 Å². The second-order valence-corrected chi connectivity index (χ2v) is 21.3. The summed E-state index contributed by atoms with van der Waals surface area (Å²) in [7, 11) is 0. The van der Waals surface area contributed by atoms with Crippen LogP contribution in [0.4, 0.5) is 11.4 Å². The first-order valence-corrected chi connectivity index (χ1v) is 23.0. The van der Waals surface area contributed by atoms with E-state index in [1.165, 1.54) is 97.8 Å². The SMILES string of the molecule is Cc1cc2c3c4c1c1cc5oc6ccccc6c5cc1n4-c1cc4c(cc1B3N(c1ccc(C(C)(C)C)cc1)c1cc3sc5cc(C(C)(C)C)ccc5c3cc1-2)oc1ccccc14. The predicted molar refractivity (Wildman–Crippen MR) is 269 cm³/mol. The molecular formula is C57H43BN2O2S. The van der Waals surface area contributed by atoms with Gasteiger partial charge in [0.15, 0.2) is 0 Å². The molecule has 0 unspecified atom stereocenters. The molecule has 63 heavy (non-hydrogen) atoms. The van der Waals surface area contributed by atoms with Gasteiger partial charge in [-0.1, -0.05) is 108 Å². The van der Waals surface area contributed by atoms with Gasteiger partial charge < -0.3 is 18.2 Å². The fourth-order valence-corrected chi connectivity index (χ4v) is 12.4. The number of fused-ring (bicyclic) bond motifs is 17. The molecule has 0 saturated carbocycles. The van der Waals surface area contributed by atoms with Crippen LogP contribution in [0.2, 0.25) is 0 Å². The fraction of sp³-hybridized carbons (Fsp3) is 0.158. The van der Waals surface area contributed by atoms with Gasteiger partial charge in [0.25, 0.3) is 0 Å². The minimum Gasteiger partial charge on any atom is -0.456 e. The second-order valence-electron chi connectivity index (χ2n) is 20.2. The molecule has 6 heterocycles. The molecule has 4 nitrogen and oxygen atoms in total. The van der Waals surface area contributed by atoms with Gasteiger partial charge >= 0.3 is 6.85 Å². The highest BCUT2D eigenvalue weighted by Crippen LogP contribution is 2.51. The van der Waals surface area contributed by atoms with Crippen LogP contribution >= 0.6 is 11.3 Å². The quantitative estimate of drug-likeness (QED) is 0.155. The molecule has 0 aliphatic carbocycles. The van der Waals surface area contributed by atoms with Gasteiger partial charge in [-0.3, -0.25) is 0 Å². The zero-order valence-corrected chi connectivity index (χ0v) is 37.2. The monoisotopic (exact) mass is 830 g/mol. The van der Waals surface area contributed by atoms with E-state index in [2.05, 4.69) is 191 Å². The summed E-state index contributed by atoms with van der Waals surface area (Å²) in [5, 5.41) is 9.65. The average molecular weight is 831 g/mol. The largest absolute Gasteiger partial charge is 0.456 e. The highest BCUT2D eigenvalue weighted by Gasteiger charge is 2.45. The van der Waals surface area contributed by atoms with Gasteiger partial charge in [-0.15, -0.1) is 11.3 Å². The van der Waals surface area contributed by atoms with Crippen molar-refractivity contribution in [3.05, 3.63) is 150 Å². The van der Waals surface area contributed by atoms with Gasteiger partial charge in [0.1, 0.15) is 22.3 Å². The number of para-hydroxylation sites is 2. The van der Waals surface area contributed by atoms with E-state index in [1.807, 2.05) is 11.3 Å². The number of hydrogen-bond donors (Lipinski definition) is 0. The van der Waals surface area contributed by atoms with Crippen LogP contribution in [0.25, 0.3) is 103 Å². The number of hydrogen-bond acceptors (Lipinski definition) is 4. The van der Waals surface area contributed by atoms with E-state index in [0.29, 0.717) is 0 Å². The van der Waals surface area contributed by atoms with Crippen LogP contribution in [0.1, 0.15) is 58.2 Å². The van der Waals surface area contributed by atoms with Crippen LogP contribution in [0.5, 0.6) is 0 Å². The maximum absolute atomic E-state index is 6.75. The van der Waals surface area contributed by atoms with E-state index in [0.717, 1.165) is 43.9 Å². The summed E-state index contributed by atoms with van der Waals surface area (Å²) in [6.45, 7) is 16.0. The van der Waals surface area contributed by atoms with Gasteiger partial charge in [0, 0.05) is 75.1 Å². The summed E-state index contributed by atoms with van der Waals surface area (Å²) in [6, 6.07) is 50.4. The molecule has 0 saturated heterocycles. The normalized spacial score (nSPS) is 13.9. The zero-order chi connectivity index (χ0) is 42.4. The summed E-state index contributed by atoms with van der Waals surface area (Å²) in [5.74, 6) is 0. The van der Waals surface area contributed by atoms with E-state index in [9.17, 15) is 0 Å². The Morgan fingerprint density at radius 2 is 1.16 bits per heavy atom. The third-order valence-electron chi connectivity index (χ3n) is 14.4. The summed E-state index contributed by atoms with van der Waals surface area (Å²) in [5.41, 5.74) is 18.9. The molecule has 8 aromatic carbocycles. The molecule has 0 radical (unpaired) electrons. The van der Waals surface area contributed by atoms with Crippen LogP contribution in [0, 0.1) is 6.92 Å². The molecule has 12 aromatic rings. The lowest BCUT2D eigenvalue weighted by atomic mass is 9.44. The van der Waals surface area contributed by atoms with Crippen LogP contribution < -0.4 is 15.7 Å². The Hall–Kier alpha value is -6.76. The molecule has 2 aliphatic rings. The molecule has 4 aromatic heterocycles. The van der Waals surface area contributed by atoms with Gasteiger partial charge in [0.05, 0.1) is 11.0 Å². The highest BCUT2D eigenvalue weighted by molar-refractivity contribution is 7.25. The molecule has 0 amide bonds. The van der Waals surface area contributed by atoms with Crippen molar-refractivity contribution in [1.29, 1.82) is 0 Å². The molecular weight excluding hydrogens is 788 g/mol. The topological polar surface area (TPSA) is 34.5 Å². The number of nitrogens with zero attached hydrogens (tertiary/aromatic N) is 2. The summed E-state index contributed by atoms with van der Waals surface area (Å²) < 4.78 is 18.6. The first-order chi connectivity index (χ1) is 30.4. The number of rotatable bonds is 1. The Labute approximate surface area is 369 Å². The van der Waals surface area contributed by atoms with Crippen molar-refractivity contribution in [2.24, 2.45) is 0 Å². The molecule has 0 fully saturated rings. The minimum atomic E-state index is -0.136. The standard InChI is InChI=1S/C57H43BN2O2S/c1-30-22-41-37-24-40-36-21-18-32(57(5,6)7)23-51(36)63-52(40)29-45(37)60(33-19-16-31(17-20-33)56(2,3)4)58-43-28-50-39(35-13-9-11-15-48(35)62-50)26-46(43)59-44-25-38-34-12-8-10-14-47(34)61-49(38)27-42(44)53(30)55(59)54(41)58/h8-29H,1-7H3. The van der Waals surface area contributed by atoms with E-state index in [4.69, 9.17) is 8.83 Å². The Morgan fingerprint density at radius 1 is 0.508 bits per heavy atom. The van der Waals surface area contributed by atoms with Gasteiger partial charge in [-0.25, -0.2) is 0 Å². The molecule has 0 N–H and O–H groups in total.